The van der Waals surface area contributed by atoms with Crippen molar-refractivity contribution in [2.75, 3.05) is 0 Å². The van der Waals surface area contributed by atoms with Gasteiger partial charge in [-0.3, -0.25) is 0 Å². The average molecular weight is 239 g/mol. The smallest absolute Gasteiger partial charge is 0.129 e. The molecule has 0 aliphatic carbocycles. The minimum Gasteiger partial charge on any atom is -0.132 e. The molecule has 0 aromatic rings. The van der Waals surface area contributed by atoms with E-state index >= 15 is 0 Å². The summed E-state index contributed by atoms with van der Waals surface area (Å²) in [5.74, 6) is 3.31. The standard InChI is InChI=1S/C13H26Si2/c1-14(2,3)12-10-8-7-9-11-13-15(4,5)6/h10,12H,7-9H2,1-6H3/b12-10+. The van der Waals surface area contributed by atoms with Crippen LogP contribution in [0.3, 0.4) is 0 Å². The van der Waals surface area contributed by atoms with Gasteiger partial charge in [-0.05, 0) is 12.8 Å². The van der Waals surface area contributed by atoms with Gasteiger partial charge in [-0.25, -0.2) is 0 Å². The van der Waals surface area contributed by atoms with E-state index in [1.54, 1.807) is 0 Å². The van der Waals surface area contributed by atoms with Crippen molar-refractivity contribution in [3.8, 4) is 11.5 Å². The summed E-state index contributed by atoms with van der Waals surface area (Å²) in [6.07, 6.45) is 5.84. The van der Waals surface area contributed by atoms with Crippen LogP contribution < -0.4 is 0 Å². The largest absolute Gasteiger partial charge is 0.132 e. The van der Waals surface area contributed by atoms with Gasteiger partial charge in [0.2, 0.25) is 0 Å². The summed E-state index contributed by atoms with van der Waals surface area (Å²) < 4.78 is 0. The Morgan fingerprint density at radius 2 is 1.60 bits per heavy atom. The van der Waals surface area contributed by atoms with Crippen LogP contribution in [0.4, 0.5) is 0 Å². The first-order valence-electron chi connectivity index (χ1n) is 5.88. The molecule has 0 aliphatic heterocycles. The molecular formula is C13H26Si2. The van der Waals surface area contributed by atoms with Crippen LogP contribution in [0.1, 0.15) is 19.3 Å². The number of unbranched alkanes of at least 4 members (excludes halogenated alkanes) is 2. The lowest BCUT2D eigenvalue weighted by Gasteiger charge is -2.07. The first kappa shape index (κ1) is 14.7. The highest BCUT2D eigenvalue weighted by molar-refractivity contribution is 6.83. The van der Waals surface area contributed by atoms with Crippen molar-refractivity contribution < 1.29 is 0 Å². The highest BCUT2D eigenvalue weighted by Gasteiger charge is 2.07. The fourth-order valence-corrected chi connectivity index (χ4v) is 2.60. The Balaban J connectivity index is 3.64. The van der Waals surface area contributed by atoms with E-state index in [0.29, 0.717) is 0 Å². The molecule has 0 bridgehead atoms. The molecule has 15 heavy (non-hydrogen) atoms. The number of hydrogen-bond acceptors (Lipinski definition) is 0. The van der Waals surface area contributed by atoms with Gasteiger partial charge < -0.3 is 0 Å². The molecule has 0 amide bonds. The fraction of sp³-hybridized carbons (Fsp3) is 0.692. The zero-order valence-electron chi connectivity index (χ0n) is 11.3. The van der Waals surface area contributed by atoms with Gasteiger partial charge in [0.25, 0.3) is 0 Å². The molecule has 0 saturated heterocycles. The van der Waals surface area contributed by atoms with E-state index in [0.717, 1.165) is 6.42 Å². The SMILES string of the molecule is C[Si](C)(C)C#CCCC/C=C/[Si](C)(C)C. The first-order valence-corrected chi connectivity index (χ1v) is 13.0. The van der Waals surface area contributed by atoms with Crippen molar-refractivity contribution in [1.29, 1.82) is 0 Å². The monoisotopic (exact) mass is 238 g/mol. The van der Waals surface area contributed by atoms with E-state index in [2.05, 4.69) is 62.5 Å². The third kappa shape index (κ3) is 13.7. The fourth-order valence-electron chi connectivity index (χ4n) is 1.07. The quantitative estimate of drug-likeness (QED) is 0.385. The maximum atomic E-state index is 3.40. The van der Waals surface area contributed by atoms with Crippen LogP contribution in [0.25, 0.3) is 0 Å². The Kier molecular flexibility index (Phi) is 6.23. The van der Waals surface area contributed by atoms with E-state index in [1.165, 1.54) is 12.8 Å². The molecule has 0 aromatic carbocycles. The minimum absolute atomic E-state index is 0.965. The second kappa shape index (κ2) is 6.35. The second-order valence-electron chi connectivity index (χ2n) is 6.21. The van der Waals surface area contributed by atoms with Crippen molar-refractivity contribution in [2.24, 2.45) is 0 Å². The van der Waals surface area contributed by atoms with Gasteiger partial charge in [0.1, 0.15) is 8.07 Å². The Hall–Kier alpha value is -0.266. The molecule has 0 spiro atoms. The van der Waals surface area contributed by atoms with Gasteiger partial charge >= 0.3 is 0 Å². The Labute approximate surface area is 98.2 Å². The molecule has 0 saturated carbocycles. The maximum Gasteiger partial charge on any atom is 0.129 e. The Morgan fingerprint density at radius 1 is 1.00 bits per heavy atom. The van der Waals surface area contributed by atoms with Crippen LogP contribution >= 0.6 is 0 Å². The highest BCUT2D eigenvalue weighted by Crippen LogP contribution is 2.05. The third-order valence-electron chi connectivity index (χ3n) is 1.75. The van der Waals surface area contributed by atoms with Crippen LogP contribution in [-0.4, -0.2) is 16.1 Å². The topological polar surface area (TPSA) is 0 Å². The predicted molar refractivity (Wildman–Crippen MR) is 77.5 cm³/mol. The lowest BCUT2D eigenvalue weighted by molar-refractivity contribution is 0.886. The molecule has 0 atom stereocenters. The van der Waals surface area contributed by atoms with E-state index in [9.17, 15) is 0 Å². The lowest BCUT2D eigenvalue weighted by Crippen LogP contribution is -2.16. The zero-order chi connectivity index (χ0) is 11.9. The average Bonchev–Trinajstić information content (AvgIpc) is 1.98. The second-order valence-corrected chi connectivity index (χ2v) is 16.0. The van der Waals surface area contributed by atoms with E-state index < -0.39 is 16.1 Å². The molecule has 86 valence electrons. The van der Waals surface area contributed by atoms with E-state index in [4.69, 9.17) is 0 Å². The Bertz CT molecular complexity index is 253. The molecule has 0 N–H and O–H groups in total. The van der Waals surface area contributed by atoms with Gasteiger partial charge in [0.05, 0.1) is 8.07 Å². The van der Waals surface area contributed by atoms with E-state index in [-0.39, 0.29) is 0 Å². The minimum atomic E-state index is -1.13. The lowest BCUT2D eigenvalue weighted by atomic mass is 10.2. The number of hydrogen-bond donors (Lipinski definition) is 0. The van der Waals surface area contributed by atoms with Gasteiger partial charge in [-0.1, -0.05) is 51.1 Å². The van der Waals surface area contributed by atoms with Crippen molar-refractivity contribution in [3.63, 3.8) is 0 Å². The molecule has 0 unspecified atom stereocenters. The van der Waals surface area contributed by atoms with Crippen LogP contribution in [0, 0.1) is 11.5 Å². The predicted octanol–water partition coefficient (Wildman–Crippen LogP) is 4.47. The molecular weight excluding hydrogens is 212 g/mol. The number of allylic oxidation sites excluding steroid dienone is 1. The summed E-state index contributed by atoms with van der Waals surface area (Å²) in [4.78, 5) is 0. The van der Waals surface area contributed by atoms with Crippen molar-refractivity contribution in [3.05, 3.63) is 11.8 Å². The summed E-state index contributed by atoms with van der Waals surface area (Å²) in [6.45, 7) is 14.0. The summed E-state index contributed by atoms with van der Waals surface area (Å²) >= 11 is 0. The third-order valence-corrected chi connectivity index (χ3v) is 3.92. The van der Waals surface area contributed by atoms with E-state index in [1.807, 2.05) is 0 Å². The van der Waals surface area contributed by atoms with Crippen molar-refractivity contribution >= 4 is 16.1 Å². The molecule has 0 radical (unpaired) electrons. The normalized spacial score (nSPS) is 12.7. The zero-order valence-corrected chi connectivity index (χ0v) is 13.3. The molecule has 0 nitrogen and oxygen atoms in total. The van der Waals surface area contributed by atoms with Crippen molar-refractivity contribution in [1.82, 2.24) is 0 Å². The summed E-state index contributed by atoms with van der Waals surface area (Å²) in [5, 5.41) is 0. The van der Waals surface area contributed by atoms with Gasteiger partial charge in [-0.15, -0.1) is 11.5 Å². The molecule has 0 heterocycles. The van der Waals surface area contributed by atoms with Crippen LogP contribution in [0.15, 0.2) is 11.8 Å². The molecule has 0 aromatic heterocycles. The summed E-state index contributed by atoms with van der Waals surface area (Å²) in [7, 11) is -2.09. The van der Waals surface area contributed by atoms with Crippen LogP contribution in [-0.2, 0) is 0 Å². The van der Waals surface area contributed by atoms with Crippen molar-refractivity contribution in [2.45, 2.75) is 58.5 Å². The highest BCUT2D eigenvalue weighted by atomic mass is 28.3. The maximum absolute atomic E-state index is 3.40. The molecule has 0 aliphatic rings. The summed E-state index contributed by atoms with van der Waals surface area (Å²) in [6, 6.07) is 0. The van der Waals surface area contributed by atoms with Gasteiger partial charge in [0, 0.05) is 6.42 Å². The first-order chi connectivity index (χ1) is 6.71. The molecule has 0 rings (SSSR count). The summed E-state index contributed by atoms with van der Waals surface area (Å²) in [5.41, 5.74) is 5.83. The van der Waals surface area contributed by atoms with Crippen LogP contribution in [0.5, 0.6) is 0 Å². The Morgan fingerprint density at radius 3 is 2.07 bits per heavy atom. The number of rotatable bonds is 4. The molecule has 2 heteroatoms. The van der Waals surface area contributed by atoms with Crippen LogP contribution in [0.2, 0.25) is 39.3 Å². The molecule has 0 fully saturated rings. The van der Waals surface area contributed by atoms with Gasteiger partial charge in [-0.2, -0.15) is 0 Å². The van der Waals surface area contributed by atoms with Gasteiger partial charge in [0.15, 0.2) is 0 Å².